The standard InChI is InChI=1S/C9H15NO2S2/c1-7-9(14-6-10-7)2-3-13-5-8(12)4-11/h6,8,11-12H,2-5H2,1H3. The third kappa shape index (κ3) is 3.96. The Hall–Kier alpha value is -0.100. The van der Waals surface area contributed by atoms with Crippen molar-refractivity contribution in [1.82, 2.24) is 4.98 Å². The molecule has 0 saturated heterocycles. The fourth-order valence-electron chi connectivity index (χ4n) is 1.00. The van der Waals surface area contributed by atoms with Crippen LogP contribution < -0.4 is 0 Å². The Morgan fingerprint density at radius 2 is 2.43 bits per heavy atom. The molecule has 1 aromatic rings. The summed E-state index contributed by atoms with van der Waals surface area (Å²) >= 11 is 3.34. The van der Waals surface area contributed by atoms with Crippen LogP contribution in [-0.2, 0) is 6.42 Å². The maximum Gasteiger partial charge on any atom is 0.0861 e. The lowest BCUT2D eigenvalue weighted by atomic mass is 10.3. The molecule has 1 unspecified atom stereocenters. The van der Waals surface area contributed by atoms with Crippen LogP contribution in [-0.4, -0.2) is 39.4 Å². The van der Waals surface area contributed by atoms with E-state index >= 15 is 0 Å². The SMILES string of the molecule is Cc1ncsc1CCSCC(O)CO. The van der Waals surface area contributed by atoms with Crippen LogP contribution in [0.5, 0.6) is 0 Å². The number of aryl methyl sites for hydroxylation is 2. The Kier molecular flexibility index (Phi) is 5.47. The summed E-state index contributed by atoms with van der Waals surface area (Å²) in [5.74, 6) is 1.58. The fraction of sp³-hybridized carbons (Fsp3) is 0.667. The summed E-state index contributed by atoms with van der Waals surface area (Å²) in [6.07, 6.45) is 0.418. The lowest BCUT2D eigenvalue weighted by Crippen LogP contribution is -2.15. The maximum absolute atomic E-state index is 9.09. The van der Waals surface area contributed by atoms with Crippen molar-refractivity contribution in [1.29, 1.82) is 0 Å². The van der Waals surface area contributed by atoms with Gasteiger partial charge in [0.1, 0.15) is 0 Å². The van der Waals surface area contributed by atoms with Crippen molar-refractivity contribution >= 4 is 23.1 Å². The lowest BCUT2D eigenvalue weighted by molar-refractivity contribution is 0.113. The summed E-state index contributed by atoms with van der Waals surface area (Å²) in [6.45, 7) is 1.87. The van der Waals surface area contributed by atoms with E-state index in [4.69, 9.17) is 10.2 Å². The van der Waals surface area contributed by atoms with Gasteiger partial charge in [0.05, 0.1) is 23.9 Å². The summed E-state index contributed by atoms with van der Waals surface area (Å²) in [5, 5.41) is 17.7. The highest BCUT2D eigenvalue weighted by Gasteiger charge is 2.03. The molecule has 0 saturated carbocycles. The second-order valence-electron chi connectivity index (χ2n) is 3.02. The van der Waals surface area contributed by atoms with E-state index < -0.39 is 6.10 Å². The Bertz CT molecular complexity index is 265. The third-order valence-electron chi connectivity index (χ3n) is 1.84. The van der Waals surface area contributed by atoms with Crippen LogP contribution in [0, 0.1) is 6.92 Å². The van der Waals surface area contributed by atoms with Crippen molar-refractivity contribution in [3.05, 3.63) is 16.1 Å². The Balaban J connectivity index is 2.13. The van der Waals surface area contributed by atoms with Crippen molar-refractivity contribution in [3.8, 4) is 0 Å². The maximum atomic E-state index is 9.09. The van der Waals surface area contributed by atoms with E-state index in [2.05, 4.69) is 4.98 Å². The molecule has 0 amide bonds. The summed E-state index contributed by atoms with van der Waals surface area (Å²) in [6, 6.07) is 0. The normalized spacial score (nSPS) is 13.1. The topological polar surface area (TPSA) is 53.4 Å². The monoisotopic (exact) mass is 233 g/mol. The van der Waals surface area contributed by atoms with Gasteiger partial charge in [-0.2, -0.15) is 11.8 Å². The Labute approximate surface area is 92.2 Å². The Morgan fingerprint density at radius 1 is 1.64 bits per heavy atom. The van der Waals surface area contributed by atoms with Gasteiger partial charge >= 0.3 is 0 Å². The van der Waals surface area contributed by atoms with Crippen molar-refractivity contribution in [2.24, 2.45) is 0 Å². The van der Waals surface area contributed by atoms with Gasteiger partial charge in [-0.1, -0.05) is 0 Å². The zero-order valence-corrected chi connectivity index (χ0v) is 9.77. The van der Waals surface area contributed by atoms with Gasteiger partial charge in [0.25, 0.3) is 0 Å². The largest absolute Gasteiger partial charge is 0.394 e. The number of thioether (sulfide) groups is 1. The number of rotatable bonds is 6. The van der Waals surface area contributed by atoms with Crippen LogP contribution in [0.1, 0.15) is 10.6 Å². The van der Waals surface area contributed by atoms with Crippen LogP contribution in [0.4, 0.5) is 0 Å². The fourth-order valence-corrected chi connectivity index (χ4v) is 2.81. The van der Waals surface area contributed by atoms with E-state index in [0.29, 0.717) is 5.75 Å². The van der Waals surface area contributed by atoms with E-state index in [1.165, 1.54) is 4.88 Å². The van der Waals surface area contributed by atoms with Crippen LogP contribution in [0.25, 0.3) is 0 Å². The van der Waals surface area contributed by atoms with E-state index in [-0.39, 0.29) is 6.61 Å². The molecule has 0 radical (unpaired) electrons. The zero-order chi connectivity index (χ0) is 10.4. The highest BCUT2D eigenvalue weighted by Crippen LogP contribution is 2.15. The minimum absolute atomic E-state index is 0.146. The molecule has 0 aliphatic heterocycles. The first-order valence-electron chi connectivity index (χ1n) is 4.49. The highest BCUT2D eigenvalue weighted by molar-refractivity contribution is 7.99. The molecule has 0 aliphatic carbocycles. The number of nitrogens with zero attached hydrogens (tertiary/aromatic N) is 1. The first kappa shape index (κ1) is 12.0. The van der Waals surface area contributed by atoms with E-state index in [1.807, 2.05) is 12.4 Å². The molecular weight excluding hydrogens is 218 g/mol. The number of thiazole rings is 1. The number of aromatic nitrogens is 1. The first-order chi connectivity index (χ1) is 6.74. The van der Waals surface area contributed by atoms with E-state index in [1.54, 1.807) is 23.1 Å². The molecular formula is C9H15NO2S2. The average Bonchev–Trinajstić information content (AvgIpc) is 2.58. The summed E-state index contributed by atoms with van der Waals surface area (Å²) < 4.78 is 0. The molecule has 1 aromatic heterocycles. The molecule has 5 heteroatoms. The van der Waals surface area contributed by atoms with Crippen LogP contribution in [0.3, 0.4) is 0 Å². The van der Waals surface area contributed by atoms with Crippen LogP contribution in [0.15, 0.2) is 5.51 Å². The second-order valence-corrected chi connectivity index (χ2v) is 5.11. The quantitative estimate of drug-likeness (QED) is 0.722. The molecule has 80 valence electrons. The predicted molar refractivity (Wildman–Crippen MR) is 61.0 cm³/mol. The molecule has 0 spiro atoms. The summed E-state index contributed by atoms with van der Waals surface area (Å²) in [5.41, 5.74) is 2.97. The van der Waals surface area contributed by atoms with Gasteiger partial charge in [-0.15, -0.1) is 11.3 Å². The van der Waals surface area contributed by atoms with Gasteiger partial charge in [-0.3, -0.25) is 0 Å². The third-order valence-corrected chi connectivity index (χ3v) is 3.95. The molecule has 0 fully saturated rings. The van der Waals surface area contributed by atoms with Gasteiger partial charge in [0.15, 0.2) is 0 Å². The van der Waals surface area contributed by atoms with Gasteiger partial charge in [-0.05, 0) is 19.1 Å². The number of hydrogen-bond acceptors (Lipinski definition) is 5. The van der Waals surface area contributed by atoms with Crippen LogP contribution in [0.2, 0.25) is 0 Å². The predicted octanol–water partition coefficient (Wildman–Crippen LogP) is 1.08. The molecule has 1 heterocycles. The van der Waals surface area contributed by atoms with E-state index in [9.17, 15) is 0 Å². The smallest absolute Gasteiger partial charge is 0.0861 e. The summed E-state index contributed by atoms with van der Waals surface area (Å²) in [4.78, 5) is 5.48. The van der Waals surface area contributed by atoms with Crippen molar-refractivity contribution in [3.63, 3.8) is 0 Å². The van der Waals surface area contributed by atoms with E-state index in [0.717, 1.165) is 17.9 Å². The number of hydrogen-bond donors (Lipinski definition) is 2. The second kappa shape index (κ2) is 6.40. The lowest BCUT2D eigenvalue weighted by Gasteiger charge is -2.05. The number of aliphatic hydroxyl groups is 2. The Morgan fingerprint density at radius 3 is 3.00 bits per heavy atom. The minimum Gasteiger partial charge on any atom is -0.394 e. The number of aliphatic hydroxyl groups excluding tert-OH is 2. The molecule has 14 heavy (non-hydrogen) atoms. The van der Waals surface area contributed by atoms with Gasteiger partial charge in [-0.25, -0.2) is 4.98 Å². The highest BCUT2D eigenvalue weighted by atomic mass is 32.2. The molecule has 0 aliphatic rings. The van der Waals surface area contributed by atoms with Gasteiger partial charge < -0.3 is 10.2 Å². The van der Waals surface area contributed by atoms with Gasteiger partial charge in [0, 0.05) is 10.6 Å². The molecule has 2 N–H and O–H groups in total. The van der Waals surface area contributed by atoms with Crippen LogP contribution >= 0.6 is 23.1 Å². The molecule has 3 nitrogen and oxygen atoms in total. The van der Waals surface area contributed by atoms with Crippen molar-refractivity contribution in [2.75, 3.05) is 18.1 Å². The molecule has 0 bridgehead atoms. The molecule has 1 rings (SSSR count). The average molecular weight is 233 g/mol. The van der Waals surface area contributed by atoms with Gasteiger partial charge in [0.2, 0.25) is 0 Å². The molecule has 1 atom stereocenters. The van der Waals surface area contributed by atoms with Crippen molar-refractivity contribution < 1.29 is 10.2 Å². The minimum atomic E-state index is -0.581. The molecule has 0 aromatic carbocycles. The zero-order valence-electron chi connectivity index (χ0n) is 8.14. The summed E-state index contributed by atoms with van der Waals surface area (Å²) in [7, 11) is 0. The van der Waals surface area contributed by atoms with Crippen molar-refractivity contribution in [2.45, 2.75) is 19.4 Å². The first-order valence-corrected chi connectivity index (χ1v) is 6.53.